The van der Waals surface area contributed by atoms with Crippen LogP contribution in [0.15, 0.2) is 33.9 Å². The average Bonchev–Trinajstić information content (AvgIpc) is 3.37. The first kappa shape index (κ1) is 21.9. The summed E-state index contributed by atoms with van der Waals surface area (Å²) in [5.74, 6) is -0.105. The monoisotopic (exact) mass is 440 g/mol. The van der Waals surface area contributed by atoms with Crippen LogP contribution in [0.25, 0.3) is 5.69 Å². The minimum atomic E-state index is -0.489. The van der Waals surface area contributed by atoms with Gasteiger partial charge in [-0.25, -0.2) is 13.9 Å². The van der Waals surface area contributed by atoms with E-state index in [1.54, 1.807) is 12.1 Å². The van der Waals surface area contributed by atoms with Crippen LogP contribution in [0.5, 0.6) is 0 Å². The Labute approximate surface area is 185 Å². The fourth-order valence-electron chi connectivity index (χ4n) is 4.39. The van der Waals surface area contributed by atoms with E-state index < -0.39 is 11.2 Å². The number of aromatic amines is 1. The summed E-state index contributed by atoms with van der Waals surface area (Å²) in [4.78, 5) is 29.3. The van der Waals surface area contributed by atoms with Crippen molar-refractivity contribution in [2.24, 2.45) is 0 Å². The van der Waals surface area contributed by atoms with Gasteiger partial charge in [-0.2, -0.15) is 5.10 Å². The third kappa shape index (κ3) is 3.94. The van der Waals surface area contributed by atoms with Gasteiger partial charge in [0.15, 0.2) is 0 Å². The van der Waals surface area contributed by atoms with Crippen molar-refractivity contribution in [3.05, 3.63) is 67.9 Å². The van der Waals surface area contributed by atoms with Crippen molar-refractivity contribution in [3.8, 4) is 5.69 Å². The number of H-pyrrole nitrogens is 1. The van der Waals surface area contributed by atoms with Gasteiger partial charge in [0.1, 0.15) is 17.3 Å². The molecular formula is C23H29FN6O2. The molecule has 0 radical (unpaired) electrons. The molecule has 4 rings (SSSR count). The summed E-state index contributed by atoms with van der Waals surface area (Å²) in [6.07, 6.45) is 4.53. The predicted molar refractivity (Wildman–Crippen MR) is 123 cm³/mol. The van der Waals surface area contributed by atoms with Crippen LogP contribution < -0.4 is 21.9 Å². The molecule has 0 amide bonds. The van der Waals surface area contributed by atoms with Crippen molar-refractivity contribution in [2.75, 3.05) is 17.2 Å². The molecule has 0 unspecified atom stereocenters. The van der Waals surface area contributed by atoms with Gasteiger partial charge in [0.2, 0.25) is 0 Å². The van der Waals surface area contributed by atoms with Gasteiger partial charge in [-0.05, 0) is 62.4 Å². The fraction of sp³-hybridized carbons (Fsp3) is 0.435. The highest BCUT2D eigenvalue weighted by atomic mass is 19.1. The fourth-order valence-corrected chi connectivity index (χ4v) is 4.39. The summed E-state index contributed by atoms with van der Waals surface area (Å²) >= 11 is 0. The van der Waals surface area contributed by atoms with Crippen LogP contribution in [0.2, 0.25) is 0 Å². The van der Waals surface area contributed by atoms with Crippen LogP contribution in [0, 0.1) is 5.82 Å². The standard InChI is InChI=1S/C23H29FN6O2/c1-3-5-13-29-21(25)20(22(31)26-23(29)32)28(4-2)14-18-17-7-6-8-19(17)30(27-18)16-11-9-15(24)10-12-16/h9-12H,3-8,13-14,25H2,1-2H3,(H,26,31,32). The van der Waals surface area contributed by atoms with Gasteiger partial charge >= 0.3 is 5.69 Å². The molecule has 9 heteroatoms. The lowest BCUT2D eigenvalue weighted by Crippen LogP contribution is -2.38. The SMILES string of the molecule is CCCCn1c(N)c(N(CC)Cc2nn(-c3ccc(F)cc3)c3c2CCC3)c(=O)[nH]c1=O. The second kappa shape index (κ2) is 9.02. The smallest absolute Gasteiger partial charge is 0.330 e. The van der Waals surface area contributed by atoms with Crippen molar-refractivity contribution in [3.63, 3.8) is 0 Å². The number of benzene rings is 1. The number of rotatable bonds is 8. The number of unbranched alkanes of at least 4 members (excludes halogenated alkanes) is 1. The number of nitrogen functional groups attached to an aromatic ring is 1. The molecule has 170 valence electrons. The molecule has 0 spiro atoms. The minimum Gasteiger partial charge on any atom is -0.383 e. The lowest BCUT2D eigenvalue weighted by Gasteiger charge is -2.24. The Morgan fingerprint density at radius 2 is 1.94 bits per heavy atom. The zero-order valence-corrected chi connectivity index (χ0v) is 18.5. The Bertz CT molecular complexity index is 1230. The van der Waals surface area contributed by atoms with Crippen LogP contribution in [0.1, 0.15) is 50.1 Å². The molecule has 3 N–H and O–H groups in total. The van der Waals surface area contributed by atoms with E-state index in [0.29, 0.717) is 25.3 Å². The topological polar surface area (TPSA) is 102 Å². The Kier molecular flexibility index (Phi) is 6.16. The van der Waals surface area contributed by atoms with E-state index in [9.17, 15) is 14.0 Å². The molecule has 1 aliphatic carbocycles. The number of nitrogens with two attached hydrogens (primary N) is 1. The van der Waals surface area contributed by atoms with Gasteiger partial charge in [0.25, 0.3) is 5.56 Å². The third-order valence-electron chi connectivity index (χ3n) is 6.07. The lowest BCUT2D eigenvalue weighted by atomic mass is 10.2. The number of hydrogen-bond acceptors (Lipinski definition) is 5. The summed E-state index contributed by atoms with van der Waals surface area (Å²) in [7, 11) is 0. The van der Waals surface area contributed by atoms with Gasteiger partial charge in [-0.15, -0.1) is 0 Å². The zero-order valence-electron chi connectivity index (χ0n) is 18.5. The molecule has 1 aliphatic rings. The molecule has 0 saturated carbocycles. The van der Waals surface area contributed by atoms with Crippen LogP contribution in [0.4, 0.5) is 15.9 Å². The summed E-state index contributed by atoms with van der Waals surface area (Å²) in [5.41, 5.74) is 9.61. The minimum absolute atomic E-state index is 0.184. The maximum atomic E-state index is 13.4. The Morgan fingerprint density at radius 1 is 1.19 bits per heavy atom. The third-order valence-corrected chi connectivity index (χ3v) is 6.07. The average molecular weight is 441 g/mol. The molecule has 3 aromatic rings. The van der Waals surface area contributed by atoms with E-state index in [2.05, 4.69) is 4.98 Å². The molecule has 8 nitrogen and oxygen atoms in total. The maximum Gasteiger partial charge on any atom is 0.330 e. The number of halogens is 1. The molecule has 0 fully saturated rings. The summed E-state index contributed by atoms with van der Waals surface area (Å²) < 4.78 is 16.7. The number of fused-ring (bicyclic) bond motifs is 1. The lowest BCUT2D eigenvalue weighted by molar-refractivity contribution is 0.602. The molecule has 0 atom stereocenters. The Morgan fingerprint density at radius 3 is 2.62 bits per heavy atom. The second-order valence-corrected chi connectivity index (χ2v) is 8.13. The Balaban J connectivity index is 1.73. The Hall–Kier alpha value is -3.36. The zero-order chi connectivity index (χ0) is 22.8. The molecule has 2 heterocycles. The van der Waals surface area contributed by atoms with E-state index in [-0.39, 0.29) is 11.6 Å². The van der Waals surface area contributed by atoms with E-state index in [0.717, 1.165) is 49.2 Å². The van der Waals surface area contributed by atoms with Gasteiger partial charge in [0.05, 0.1) is 17.9 Å². The van der Waals surface area contributed by atoms with E-state index in [1.807, 2.05) is 23.4 Å². The number of nitrogens with zero attached hydrogens (tertiary/aromatic N) is 4. The quantitative estimate of drug-likeness (QED) is 0.561. The first-order valence-electron chi connectivity index (χ1n) is 11.2. The van der Waals surface area contributed by atoms with Crippen LogP contribution in [-0.2, 0) is 25.9 Å². The summed E-state index contributed by atoms with van der Waals surface area (Å²) in [6, 6.07) is 6.29. The van der Waals surface area contributed by atoms with Crippen LogP contribution in [0.3, 0.4) is 0 Å². The van der Waals surface area contributed by atoms with E-state index in [4.69, 9.17) is 10.8 Å². The molecule has 0 bridgehead atoms. The first-order valence-corrected chi connectivity index (χ1v) is 11.2. The van der Waals surface area contributed by atoms with Crippen molar-refractivity contribution in [1.82, 2.24) is 19.3 Å². The van der Waals surface area contributed by atoms with Crippen LogP contribution >= 0.6 is 0 Å². The first-order chi connectivity index (χ1) is 15.4. The summed E-state index contributed by atoms with van der Waals surface area (Å²) in [6.45, 7) is 5.35. The molecule has 2 aromatic heterocycles. The highest BCUT2D eigenvalue weighted by Gasteiger charge is 2.26. The number of aromatic nitrogens is 4. The largest absolute Gasteiger partial charge is 0.383 e. The number of nitrogens with one attached hydrogen (secondary N) is 1. The second-order valence-electron chi connectivity index (χ2n) is 8.13. The van der Waals surface area contributed by atoms with Crippen molar-refractivity contribution in [2.45, 2.75) is 59.0 Å². The van der Waals surface area contributed by atoms with Gasteiger partial charge in [-0.1, -0.05) is 13.3 Å². The summed E-state index contributed by atoms with van der Waals surface area (Å²) in [5, 5.41) is 4.82. The number of hydrogen-bond donors (Lipinski definition) is 2. The van der Waals surface area contributed by atoms with Crippen molar-refractivity contribution in [1.29, 1.82) is 0 Å². The van der Waals surface area contributed by atoms with Crippen molar-refractivity contribution < 1.29 is 4.39 Å². The predicted octanol–water partition coefficient (Wildman–Crippen LogP) is 2.76. The van der Waals surface area contributed by atoms with E-state index >= 15 is 0 Å². The van der Waals surface area contributed by atoms with Crippen molar-refractivity contribution >= 4 is 11.5 Å². The molecule has 1 aromatic carbocycles. The number of anilines is 2. The van der Waals surface area contributed by atoms with Crippen LogP contribution in [-0.4, -0.2) is 25.9 Å². The highest BCUT2D eigenvalue weighted by Crippen LogP contribution is 2.30. The van der Waals surface area contributed by atoms with Gasteiger partial charge in [-0.3, -0.25) is 14.3 Å². The maximum absolute atomic E-state index is 13.4. The van der Waals surface area contributed by atoms with Gasteiger partial charge < -0.3 is 10.6 Å². The normalized spacial score (nSPS) is 12.8. The van der Waals surface area contributed by atoms with Gasteiger partial charge in [0, 0.05) is 18.8 Å². The van der Waals surface area contributed by atoms with E-state index in [1.165, 1.54) is 22.3 Å². The molecule has 32 heavy (non-hydrogen) atoms. The highest BCUT2D eigenvalue weighted by molar-refractivity contribution is 5.62. The molecular weight excluding hydrogens is 411 g/mol. The molecule has 0 saturated heterocycles. The molecule has 0 aliphatic heterocycles.